The summed E-state index contributed by atoms with van der Waals surface area (Å²) in [6.07, 6.45) is 0.765. The molecule has 0 bridgehead atoms. The van der Waals surface area contributed by atoms with Crippen LogP contribution in [0, 0.1) is 0 Å². The van der Waals surface area contributed by atoms with Crippen LogP contribution in [0.4, 0.5) is 0 Å². The summed E-state index contributed by atoms with van der Waals surface area (Å²) in [4.78, 5) is 23.8. The van der Waals surface area contributed by atoms with Crippen molar-refractivity contribution in [1.82, 2.24) is 9.38 Å². The number of carboxylic acids is 1. The highest BCUT2D eigenvalue weighted by Gasteiger charge is 2.22. The van der Waals surface area contributed by atoms with E-state index in [1.54, 1.807) is 12.1 Å². The Hall–Kier alpha value is -1.73. The lowest BCUT2D eigenvalue weighted by Crippen LogP contribution is -1.98. The van der Waals surface area contributed by atoms with Crippen LogP contribution in [0.25, 0.3) is 5.65 Å². The van der Waals surface area contributed by atoms with Gasteiger partial charge in [-0.25, -0.2) is 15.0 Å². The number of aromatic carboxylic acids is 1. The first kappa shape index (κ1) is 12.7. The summed E-state index contributed by atoms with van der Waals surface area (Å²) < 4.78 is 16.1. The molecule has 0 spiro atoms. The summed E-state index contributed by atoms with van der Waals surface area (Å²) in [6, 6.07) is 4.61. The van der Waals surface area contributed by atoms with Gasteiger partial charge in [0.15, 0.2) is 5.69 Å². The lowest BCUT2D eigenvalue weighted by atomic mass is 10.4. The van der Waals surface area contributed by atoms with Gasteiger partial charge in [0, 0.05) is 11.9 Å². The predicted molar refractivity (Wildman–Crippen MR) is 59.4 cm³/mol. The van der Waals surface area contributed by atoms with Crippen molar-refractivity contribution in [1.29, 1.82) is 0 Å². The van der Waals surface area contributed by atoms with E-state index in [4.69, 9.17) is 10.4 Å². The van der Waals surface area contributed by atoms with E-state index in [-0.39, 0.29) is 5.69 Å². The van der Waals surface area contributed by atoms with Crippen molar-refractivity contribution < 1.29 is 29.3 Å². The Morgan fingerprint density at radius 3 is 2.83 bits per heavy atom. The lowest BCUT2D eigenvalue weighted by Gasteiger charge is -2.08. The van der Waals surface area contributed by atoms with Crippen LogP contribution in [-0.2, 0) is 15.4 Å². The maximum absolute atomic E-state index is 11.3. The number of rotatable bonds is 4. The summed E-state index contributed by atoms with van der Waals surface area (Å²) >= 11 is 0. The second kappa shape index (κ2) is 4.51. The maximum Gasteiger partial charge on any atom is 0.361 e. The summed E-state index contributed by atoms with van der Waals surface area (Å²) in [7, 11) is -4.15. The summed E-state index contributed by atoms with van der Waals surface area (Å²) in [5.41, 5.74) is 0.440. The standard InChI is InChI=1S/C9H9N2O6P/c12-9(13)7-4-11-6(5-18(15,16)17-14)2-1-3-8(11)10-7/h1-4,14H,5H2,(H,12,13)(H,15,16). The molecule has 8 nitrogen and oxygen atoms in total. The number of imidazole rings is 1. The molecule has 3 N–H and O–H groups in total. The number of carbonyl (C=O) groups is 1. The molecule has 2 aromatic heterocycles. The highest BCUT2D eigenvalue weighted by Crippen LogP contribution is 2.44. The molecule has 9 heteroatoms. The normalized spacial score (nSPS) is 14.6. The predicted octanol–water partition coefficient (Wildman–Crippen LogP) is 1.21. The number of hydrogen-bond acceptors (Lipinski definition) is 5. The summed E-state index contributed by atoms with van der Waals surface area (Å²) in [5, 5.41) is 17.1. The fourth-order valence-corrected chi connectivity index (χ4v) is 2.26. The lowest BCUT2D eigenvalue weighted by molar-refractivity contribution is -0.146. The molecular weight excluding hydrogens is 263 g/mol. The molecule has 2 heterocycles. The van der Waals surface area contributed by atoms with Crippen LogP contribution >= 0.6 is 7.60 Å². The van der Waals surface area contributed by atoms with Crippen LogP contribution in [0.5, 0.6) is 0 Å². The third-order valence-electron chi connectivity index (χ3n) is 2.29. The van der Waals surface area contributed by atoms with Gasteiger partial charge in [-0.15, -0.1) is 0 Å². The Bertz CT molecular complexity index is 652. The molecule has 1 atom stereocenters. The molecule has 0 aliphatic rings. The topological polar surface area (TPSA) is 121 Å². The van der Waals surface area contributed by atoms with Gasteiger partial charge in [0.2, 0.25) is 0 Å². The van der Waals surface area contributed by atoms with Gasteiger partial charge < -0.3 is 14.4 Å². The van der Waals surface area contributed by atoms with Crippen LogP contribution in [0.3, 0.4) is 0 Å². The van der Waals surface area contributed by atoms with Gasteiger partial charge in [-0.05, 0) is 12.1 Å². The number of aromatic nitrogens is 2. The monoisotopic (exact) mass is 272 g/mol. The average Bonchev–Trinajstić information content (AvgIpc) is 2.74. The number of nitrogens with zero attached hydrogens (tertiary/aromatic N) is 2. The Morgan fingerprint density at radius 1 is 1.50 bits per heavy atom. The van der Waals surface area contributed by atoms with Gasteiger partial charge in [0.05, 0.1) is 6.16 Å². The number of pyridine rings is 1. The van der Waals surface area contributed by atoms with Crippen LogP contribution in [0.1, 0.15) is 16.2 Å². The first-order chi connectivity index (χ1) is 8.43. The van der Waals surface area contributed by atoms with Crippen molar-refractivity contribution in [3.8, 4) is 0 Å². The number of fused-ring (bicyclic) bond motifs is 1. The molecule has 0 amide bonds. The Labute approximate surface area is 101 Å². The van der Waals surface area contributed by atoms with E-state index in [1.807, 2.05) is 0 Å². The van der Waals surface area contributed by atoms with E-state index in [0.717, 1.165) is 0 Å². The Kier molecular flexibility index (Phi) is 3.18. The largest absolute Gasteiger partial charge is 0.476 e. The van der Waals surface area contributed by atoms with Gasteiger partial charge in [-0.1, -0.05) is 6.07 Å². The van der Waals surface area contributed by atoms with Crippen LogP contribution in [0.2, 0.25) is 0 Å². The molecular formula is C9H9N2O6P. The average molecular weight is 272 g/mol. The molecule has 96 valence electrons. The second-order valence-corrected chi connectivity index (χ2v) is 5.31. The molecule has 0 aliphatic carbocycles. The van der Waals surface area contributed by atoms with Gasteiger partial charge in [-0.2, -0.15) is 4.67 Å². The molecule has 18 heavy (non-hydrogen) atoms. The zero-order valence-corrected chi connectivity index (χ0v) is 9.82. The highest BCUT2D eigenvalue weighted by molar-refractivity contribution is 7.51. The first-order valence-electron chi connectivity index (χ1n) is 4.78. The van der Waals surface area contributed by atoms with Gasteiger partial charge in [0.1, 0.15) is 5.65 Å². The number of hydrogen-bond donors (Lipinski definition) is 3. The minimum atomic E-state index is -4.15. The third-order valence-corrected chi connectivity index (χ3v) is 3.26. The van der Waals surface area contributed by atoms with E-state index < -0.39 is 19.7 Å². The minimum absolute atomic E-state index is 0.180. The maximum atomic E-state index is 11.3. The van der Waals surface area contributed by atoms with Crippen LogP contribution in [-0.4, -0.2) is 30.6 Å². The molecule has 0 aromatic carbocycles. The second-order valence-electron chi connectivity index (χ2n) is 3.55. The molecule has 1 unspecified atom stereocenters. The van der Waals surface area contributed by atoms with E-state index in [9.17, 15) is 14.3 Å². The SMILES string of the molecule is O=C(O)c1cn2c(CP(=O)(O)OO)cccc2n1. The molecule has 0 fully saturated rings. The molecule has 0 saturated heterocycles. The van der Waals surface area contributed by atoms with E-state index >= 15 is 0 Å². The Morgan fingerprint density at radius 2 is 2.22 bits per heavy atom. The number of carboxylic acid groups (broad SMARTS) is 1. The first-order valence-corrected chi connectivity index (χ1v) is 6.54. The zero-order valence-electron chi connectivity index (χ0n) is 8.92. The third kappa shape index (κ3) is 2.41. The zero-order chi connectivity index (χ0) is 13.3. The van der Waals surface area contributed by atoms with E-state index in [1.165, 1.54) is 16.7 Å². The van der Waals surface area contributed by atoms with Crippen molar-refractivity contribution in [2.24, 2.45) is 0 Å². The van der Waals surface area contributed by atoms with Gasteiger partial charge in [0.25, 0.3) is 0 Å². The fraction of sp³-hybridized carbons (Fsp3) is 0.111. The van der Waals surface area contributed by atoms with Gasteiger partial charge in [-0.3, -0.25) is 4.57 Å². The molecule has 0 saturated carbocycles. The van der Waals surface area contributed by atoms with Crippen LogP contribution in [0.15, 0.2) is 24.4 Å². The van der Waals surface area contributed by atoms with Crippen molar-refractivity contribution in [2.75, 3.05) is 0 Å². The van der Waals surface area contributed by atoms with E-state index in [2.05, 4.69) is 9.66 Å². The fourth-order valence-electron chi connectivity index (χ4n) is 1.53. The Balaban J connectivity index is 2.51. The van der Waals surface area contributed by atoms with Crippen molar-refractivity contribution in [3.63, 3.8) is 0 Å². The summed E-state index contributed by atoms with van der Waals surface area (Å²) in [6.45, 7) is 0. The molecule has 0 radical (unpaired) electrons. The molecule has 2 aromatic rings. The quantitative estimate of drug-likeness (QED) is 0.434. The van der Waals surface area contributed by atoms with Gasteiger partial charge >= 0.3 is 13.6 Å². The molecule has 0 aliphatic heterocycles. The van der Waals surface area contributed by atoms with Crippen molar-refractivity contribution in [2.45, 2.75) is 6.16 Å². The highest BCUT2D eigenvalue weighted by atomic mass is 31.2. The minimum Gasteiger partial charge on any atom is -0.476 e. The van der Waals surface area contributed by atoms with Crippen LogP contribution < -0.4 is 0 Å². The smallest absolute Gasteiger partial charge is 0.361 e. The molecule has 2 rings (SSSR count). The van der Waals surface area contributed by atoms with E-state index in [0.29, 0.717) is 11.3 Å². The van der Waals surface area contributed by atoms with Crippen molar-refractivity contribution in [3.05, 3.63) is 35.8 Å². The summed E-state index contributed by atoms with van der Waals surface area (Å²) in [5.74, 6) is -1.20. The van der Waals surface area contributed by atoms with Crippen molar-refractivity contribution >= 4 is 19.2 Å².